The van der Waals surface area contributed by atoms with E-state index >= 15 is 0 Å². The first-order valence-corrected chi connectivity index (χ1v) is 7.62. The van der Waals surface area contributed by atoms with Crippen molar-refractivity contribution in [2.24, 2.45) is 0 Å². The number of nitrogens with zero attached hydrogens (tertiary/aromatic N) is 2. The molecule has 0 saturated heterocycles. The quantitative estimate of drug-likeness (QED) is 0.764. The van der Waals surface area contributed by atoms with Gasteiger partial charge in [0.05, 0.1) is 17.1 Å². The Morgan fingerprint density at radius 3 is 2.76 bits per heavy atom. The minimum absolute atomic E-state index is 0.129. The van der Waals surface area contributed by atoms with Crippen molar-refractivity contribution in [3.63, 3.8) is 0 Å². The summed E-state index contributed by atoms with van der Waals surface area (Å²) in [5, 5.41) is 13.7. The van der Waals surface area contributed by atoms with E-state index < -0.39 is 0 Å². The van der Waals surface area contributed by atoms with E-state index in [0.717, 1.165) is 10.9 Å². The monoisotopic (exact) mass is 293 g/mol. The molecule has 0 radical (unpaired) electrons. The van der Waals surface area contributed by atoms with Crippen LogP contribution in [0.3, 0.4) is 0 Å². The molecule has 0 aliphatic rings. The molecular formula is C17H15N3S. The number of thiophene rings is 1. The molecule has 1 unspecified atom stereocenters. The lowest BCUT2D eigenvalue weighted by Gasteiger charge is -2.14. The summed E-state index contributed by atoms with van der Waals surface area (Å²) in [6.45, 7) is 4.18. The Balaban J connectivity index is 1.97. The fourth-order valence-corrected chi connectivity index (χ4v) is 3.15. The van der Waals surface area contributed by atoms with Crippen molar-refractivity contribution in [2.75, 3.05) is 5.32 Å². The highest BCUT2D eigenvalue weighted by Crippen LogP contribution is 2.27. The van der Waals surface area contributed by atoms with Gasteiger partial charge in [-0.05, 0) is 38.1 Å². The van der Waals surface area contributed by atoms with Crippen molar-refractivity contribution in [1.29, 1.82) is 5.26 Å². The number of pyridine rings is 1. The van der Waals surface area contributed by atoms with Gasteiger partial charge in [0, 0.05) is 15.1 Å². The fourth-order valence-electron chi connectivity index (χ4n) is 2.27. The lowest BCUT2D eigenvalue weighted by atomic mass is 10.1. The van der Waals surface area contributed by atoms with Crippen LogP contribution in [0.5, 0.6) is 0 Å². The highest BCUT2D eigenvalue weighted by molar-refractivity contribution is 7.12. The first-order chi connectivity index (χ1) is 10.2. The number of aromatic nitrogens is 1. The molecule has 2 heterocycles. The smallest absolute Gasteiger partial charge is 0.145 e. The van der Waals surface area contributed by atoms with Gasteiger partial charge in [0.2, 0.25) is 0 Å². The van der Waals surface area contributed by atoms with E-state index in [2.05, 4.69) is 42.4 Å². The van der Waals surface area contributed by atoms with Gasteiger partial charge in [-0.25, -0.2) is 4.98 Å². The van der Waals surface area contributed by atoms with Gasteiger partial charge in [-0.2, -0.15) is 5.26 Å². The van der Waals surface area contributed by atoms with Gasteiger partial charge < -0.3 is 5.32 Å². The van der Waals surface area contributed by atoms with Gasteiger partial charge in [-0.1, -0.05) is 18.2 Å². The highest BCUT2D eigenvalue weighted by atomic mass is 32.1. The standard InChI is InChI=1S/C17H15N3S/c1-11-7-8-16(21-11)12(2)19-17-14(10-18)9-13-5-3-4-6-15(13)20-17/h3-9,12H,1-2H3,(H,19,20). The van der Waals surface area contributed by atoms with Crippen molar-refractivity contribution >= 4 is 28.1 Å². The summed E-state index contributed by atoms with van der Waals surface area (Å²) < 4.78 is 0. The zero-order valence-corrected chi connectivity index (χ0v) is 12.7. The Labute approximate surface area is 127 Å². The summed E-state index contributed by atoms with van der Waals surface area (Å²) in [7, 11) is 0. The highest BCUT2D eigenvalue weighted by Gasteiger charge is 2.12. The summed E-state index contributed by atoms with van der Waals surface area (Å²) in [5.74, 6) is 0.648. The third-order valence-electron chi connectivity index (χ3n) is 3.39. The molecular weight excluding hydrogens is 278 g/mol. The Morgan fingerprint density at radius 1 is 1.24 bits per heavy atom. The first kappa shape index (κ1) is 13.6. The zero-order valence-electron chi connectivity index (χ0n) is 11.9. The molecule has 4 heteroatoms. The Morgan fingerprint density at radius 2 is 2.05 bits per heavy atom. The second kappa shape index (κ2) is 5.55. The van der Waals surface area contributed by atoms with E-state index in [-0.39, 0.29) is 6.04 Å². The van der Waals surface area contributed by atoms with E-state index in [1.807, 2.05) is 30.3 Å². The SMILES string of the molecule is Cc1ccc(C(C)Nc2nc3ccccc3cc2C#N)s1. The molecule has 1 aromatic carbocycles. The fraction of sp³-hybridized carbons (Fsp3) is 0.176. The lowest BCUT2D eigenvalue weighted by molar-refractivity contribution is 0.897. The van der Waals surface area contributed by atoms with Crippen molar-refractivity contribution in [1.82, 2.24) is 4.98 Å². The van der Waals surface area contributed by atoms with Crippen LogP contribution in [0.4, 0.5) is 5.82 Å². The number of rotatable bonds is 3. The van der Waals surface area contributed by atoms with Gasteiger partial charge in [-0.15, -0.1) is 11.3 Å². The average Bonchev–Trinajstić information content (AvgIpc) is 2.93. The van der Waals surface area contributed by atoms with Gasteiger partial charge in [0.15, 0.2) is 0 Å². The van der Waals surface area contributed by atoms with E-state index in [1.54, 1.807) is 11.3 Å². The topological polar surface area (TPSA) is 48.7 Å². The molecule has 21 heavy (non-hydrogen) atoms. The minimum Gasteiger partial charge on any atom is -0.362 e. The first-order valence-electron chi connectivity index (χ1n) is 6.80. The third kappa shape index (κ3) is 2.74. The average molecular weight is 293 g/mol. The molecule has 1 N–H and O–H groups in total. The molecule has 3 nitrogen and oxygen atoms in total. The molecule has 0 bridgehead atoms. The predicted molar refractivity (Wildman–Crippen MR) is 87.6 cm³/mol. The molecule has 0 aliphatic carbocycles. The minimum atomic E-state index is 0.129. The Bertz CT molecular complexity index is 829. The molecule has 3 rings (SSSR count). The normalized spacial score (nSPS) is 12.0. The summed E-state index contributed by atoms with van der Waals surface area (Å²) in [5.41, 5.74) is 1.47. The van der Waals surface area contributed by atoms with E-state index in [9.17, 15) is 5.26 Å². The number of hydrogen-bond donors (Lipinski definition) is 1. The number of hydrogen-bond acceptors (Lipinski definition) is 4. The van der Waals surface area contributed by atoms with Crippen LogP contribution in [-0.4, -0.2) is 4.98 Å². The van der Waals surface area contributed by atoms with Crippen molar-refractivity contribution in [2.45, 2.75) is 19.9 Å². The summed E-state index contributed by atoms with van der Waals surface area (Å²) in [6.07, 6.45) is 0. The maximum absolute atomic E-state index is 9.34. The summed E-state index contributed by atoms with van der Waals surface area (Å²) in [6, 6.07) is 16.3. The Hall–Kier alpha value is -2.38. The van der Waals surface area contributed by atoms with E-state index in [1.165, 1.54) is 9.75 Å². The molecule has 0 saturated carbocycles. The molecule has 104 valence electrons. The molecule has 0 amide bonds. The maximum Gasteiger partial charge on any atom is 0.145 e. The van der Waals surface area contributed by atoms with Crippen LogP contribution in [0, 0.1) is 18.3 Å². The number of nitrogens with one attached hydrogen (secondary N) is 1. The maximum atomic E-state index is 9.34. The number of para-hydroxylation sites is 1. The van der Waals surface area contributed by atoms with Gasteiger partial charge in [0.1, 0.15) is 11.9 Å². The number of aryl methyl sites for hydroxylation is 1. The molecule has 0 spiro atoms. The number of benzene rings is 1. The molecule has 0 aliphatic heterocycles. The third-order valence-corrected chi connectivity index (χ3v) is 4.57. The zero-order chi connectivity index (χ0) is 14.8. The second-order valence-electron chi connectivity index (χ2n) is 5.00. The van der Waals surface area contributed by atoms with E-state index in [0.29, 0.717) is 11.4 Å². The number of anilines is 1. The number of nitriles is 1. The summed E-state index contributed by atoms with van der Waals surface area (Å²) >= 11 is 1.76. The van der Waals surface area contributed by atoms with Crippen LogP contribution >= 0.6 is 11.3 Å². The number of fused-ring (bicyclic) bond motifs is 1. The predicted octanol–water partition coefficient (Wildman–Crippen LogP) is 4.65. The second-order valence-corrected chi connectivity index (χ2v) is 6.32. The van der Waals surface area contributed by atoms with Gasteiger partial charge in [0.25, 0.3) is 0 Å². The van der Waals surface area contributed by atoms with Crippen LogP contribution in [0.25, 0.3) is 10.9 Å². The molecule has 3 aromatic rings. The van der Waals surface area contributed by atoms with Gasteiger partial charge in [-0.3, -0.25) is 0 Å². The van der Waals surface area contributed by atoms with Crippen molar-refractivity contribution in [3.05, 3.63) is 57.8 Å². The van der Waals surface area contributed by atoms with Crippen LogP contribution in [-0.2, 0) is 0 Å². The van der Waals surface area contributed by atoms with Crippen LogP contribution in [0.2, 0.25) is 0 Å². The van der Waals surface area contributed by atoms with Crippen LogP contribution in [0.1, 0.15) is 28.3 Å². The van der Waals surface area contributed by atoms with Gasteiger partial charge >= 0.3 is 0 Å². The van der Waals surface area contributed by atoms with Crippen molar-refractivity contribution in [3.8, 4) is 6.07 Å². The van der Waals surface area contributed by atoms with Crippen molar-refractivity contribution < 1.29 is 0 Å². The van der Waals surface area contributed by atoms with Crippen LogP contribution < -0.4 is 5.32 Å². The summed E-state index contributed by atoms with van der Waals surface area (Å²) in [4.78, 5) is 7.11. The van der Waals surface area contributed by atoms with E-state index in [4.69, 9.17) is 0 Å². The largest absolute Gasteiger partial charge is 0.362 e. The molecule has 1 atom stereocenters. The van der Waals surface area contributed by atoms with Crippen LogP contribution in [0.15, 0.2) is 42.5 Å². The molecule has 2 aromatic heterocycles. The lowest BCUT2D eigenvalue weighted by Crippen LogP contribution is -2.08. The Kier molecular flexibility index (Phi) is 3.59. The molecule has 0 fully saturated rings.